The SMILES string of the molecule is O=C(CCN1C(=O)c2ccccc2C1=O)Oc1c(-c2ccc(Br)o2)oc2ccccc2c1=O. The monoisotopic (exact) mass is 507 g/mol. The number of halogens is 1. The van der Waals surface area contributed by atoms with E-state index in [1.54, 1.807) is 60.7 Å². The summed E-state index contributed by atoms with van der Waals surface area (Å²) in [6, 6.07) is 16.2. The van der Waals surface area contributed by atoms with Crippen LogP contribution in [0.4, 0.5) is 0 Å². The molecule has 0 radical (unpaired) electrons. The summed E-state index contributed by atoms with van der Waals surface area (Å²) in [5.41, 5.74) is 0.331. The highest BCUT2D eigenvalue weighted by atomic mass is 79.9. The molecule has 2 amide bonds. The average Bonchev–Trinajstić information content (AvgIpc) is 3.36. The standard InChI is InChI=1S/C24H14BrNO7/c25-18-10-9-17(31-18)21-22(20(28)15-7-3-4-8-16(15)32-21)33-19(27)11-12-26-23(29)13-5-1-2-6-14(13)24(26)30/h1-10H,11-12H2. The third-order valence-corrected chi connectivity index (χ3v) is 5.61. The lowest BCUT2D eigenvalue weighted by Gasteiger charge is -2.13. The third-order valence-electron chi connectivity index (χ3n) is 5.19. The van der Waals surface area contributed by atoms with E-state index in [1.807, 2.05) is 0 Å². The quantitative estimate of drug-likeness (QED) is 0.291. The Labute approximate surface area is 194 Å². The molecule has 5 rings (SSSR count). The van der Waals surface area contributed by atoms with Crippen molar-refractivity contribution in [1.82, 2.24) is 4.90 Å². The summed E-state index contributed by atoms with van der Waals surface area (Å²) in [4.78, 5) is 51.7. The lowest BCUT2D eigenvalue weighted by atomic mass is 10.1. The molecule has 9 heteroatoms. The van der Waals surface area contributed by atoms with Crippen LogP contribution in [0.15, 0.2) is 79.0 Å². The number of rotatable bonds is 5. The van der Waals surface area contributed by atoms with Crippen LogP contribution in [0.3, 0.4) is 0 Å². The number of fused-ring (bicyclic) bond motifs is 2. The number of para-hydroxylation sites is 1. The van der Waals surface area contributed by atoms with Gasteiger partial charge in [-0.3, -0.25) is 24.1 Å². The minimum atomic E-state index is -0.805. The van der Waals surface area contributed by atoms with E-state index in [9.17, 15) is 19.2 Å². The number of amides is 2. The van der Waals surface area contributed by atoms with Gasteiger partial charge in [-0.25, -0.2) is 0 Å². The molecule has 0 saturated carbocycles. The van der Waals surface area contributed by atoms with Gasteiger partial charge in [0.1, 0.15) is 5.58 Å². The zero-order valence-electron chi connectivity index (χ0n) is 16.9. The van der Waals surface area contributed by atoms with Crippen LogP contribution in [-0.4, -0.2) is 29.2 Å². The zero-order valence-corrected chi connectivity index (χ0v) is 18.5. The van der Waals surface area contributed by atoms with Gasteiger partial charge in [0.15, 0.2) is 10.4 Å². The number of imide groups is 1. The molecular formula is C24H14BrNO7. The molecule has 33 heavy (non-hydrogen) atoms. The summed E-state index contributed by atoms with van der Waals surface area (Å²) in [6.45, 7) is -0.189. The van der Waals surface area contributed by atoms with Crippen LogP contribution in [-0.2, 0) is 4.79 Å². The van der Waals surface area contributed by atoms with Crippen LogP contribution in [0.1, 0.15) is 27.1 Å². The van der Waals surface area contributed by atoms with Crippen LogP contribution < -0.4 is 10.2 Å². The Morgan fingerprint density at radius 3 is 2.21 bits per heavy atom. The number of furan rings is 1. The predicted molar refractivity (Wildman–Crippen MR) is 120 cm³/mol. The van der Waals surface area contributed by atoms with Crippen LogP contribution in [0.25, 0.3) is 22.5 Å². The molecule has 2 aromatic carbocycles. The number of carbonyl (C=O) groups is 3. The highest BCUT2D eigenvalue weighted by Gasteiger charge is 2.35. The Balaban J connectivity index is 1.42. The first-order valence-corrected chi connectivity index (χ1v) is 10.7. The van der Waals surface area contributed by atoms with Gasteiger partial charge in [-0.05, 0) is 52.3 Å². The third kappa shape index (κ3) is 3.66. The number of esters is 1. The molecule has 0 spiro atoms. The van der Waals surface area contributed by atoms with Crippen molar-refractivity contribution in [3.05, 3.63) is 86.7 Å². The van der Waals surface area contributed by atoms with E-state index >= 15 is 0 Å². The average molecular weight is 508 g/mol. The van der Waals surface area contributed by atoms with Gasteiger partial charge >= 0.3 is 5.97 Å². The molecule has 0 unspecified atom stereocenters. The van der Waals surface area contributed by atoms with Crippen LogP contribution in [0.2, 0.25) is 0 Å². The van der Waals surface area contributed by atoms with E-state index < -0.39 is 23.2 Å². The first-order valence-electron chi connectivity index (χ1n) is 9.91. The van der Waals surface area contributed by atoms with Crippen molar-refractivity contribution in [2.75, 3.05) is 6.54 Å². The topological polar surface area (TPSA) is 107 Å². The smallest absolute Gasteiger partial charge is 0.313 e. The molecular weight excluding hydrogens is 494 g/mol. The Morgan fingerprint density at radius 2 is 1.55 bits per heavy atom. The maximum atomic E-state index is 13.1. The molecule has 2 aromatic heterocycles. The Hall–Kier alpha value is -3.98. The van der Waals surface area contributed by atoms with Crippen molar-refractivity contribution >= 4 is 44.7 Å². The lowest BCUT2D eigenvalue weighted by molar-refractivity contribution is -0.134. The Kier molecular flexibility index (Phi) is 5.18. The van der Waals surface area contributed by atoms with Crippen LogP contribution in [0, 0.1) is 0 Å². The van der Waals surface area contributed by atoms with Crippen molar-refractivity contribution < 1.29 is 28.0 Å². The fourth-order valence-electron chi connectivity index (χ4n) is 3.63. The van der Waals surface area contributed by atoms with Gasteiger partial charge in [0.05, 0.1) is 22.9 Å². The van der Waals surface area contributed by atoms with Gasteiger partial charge in [-0.1, -0.05) is 24.3 Å². The van der Waals surface area contributed by atoms with Crippen molar-refractivity contribution in [3.8, 4) is 17.3 Å². The van der Waals surface area contributed by atoms with E-state index in [0.717, 1.165) is 4.90 Å². The number of benzene rings is 2. The minimum absolute atomic E-state index is 0.0431. The molecule has 1 aliphatic rings. The summed E-state index contributed by atoms with van der Waals surface area (Å²) in [7, 11) is 0. The molecule has 0 fully saturated rings. The van der Waals surface area contributed by atoms with Gasteiger partial charge in [-0.15, -0.1) is 0 Å². The summed E-state index contributed by atoms with van der Waals surface area (Å²) >= 11 is 3.20. The van der Waals surface area contributed by atoms with Gasteiger partial charge in [-0.2, -0.15) is 0 Å². The van der Waals surface area contributed by atoms with Crippen molar-refractivity contribution in [3.63, 3.8) is 0 Å². The van der Waals surface area contributed by atoms with E-state index in [4.69, 9.17) is 13.6 Å². The Bertz CT molecular complexity index is 1470. The largest absolute Gasteiger partial charge is 0.449 e. The molecule has 0 aliphatic carbocycles. The first kappa shape index (κ1) is 20.9. The fourth-order valence-corrected chi connectivity index (χ4v) is 3.93. The molecule has 0 bridgehead atoms. The van der Waals surface area contributed by atoms with Crippen molar-refractivity contribution in [2.24, 2.45) is 0 Å². The maximum absolute atomic E-state index is 13.1. The summed E-state index contributed by atoms with van der Waals surface area (Å²) in [5, 5.41) is 0.231. The molecule has 3 heterocycles. The van der Waals surface area contributed by atoms with E-state index in [2.05, 4.69) is 15.9 Å². The second-order valence-corrected chi connectivity index (χ2v) is 8.00. The normalized spacial score (nSPS) is 12.9. The van der Waals surface area contributed by atoms with Gasteiger partial charge < -0.3 is 13.6 Å². The number of nitrogens with zero attached hydrogens (tertiary/aromatic N) is 1. The van der Waals surface area contributed by atoms with Gasteiger partial charge in [0, 0.05) is 6.54 Å². The van der Waals surface area contributed by atoms with E-state index in [-0.39, 0.29) is 46.7 Å². The van der Waals surface area contributed by atoms with Gasteiger partial charge in [0.2, 0.25) is 16.9 Å². The second kappa shape index (κ2) is 8.18. The van der Waals surface area contributed by atoms with E-state index in [0.29, 0.717) is 10.3 Å². The van der Waals surface area contributed by atoms with Crippen molar-refractivity contribution in [1.29, 1.82) is 0 Å². The Morgan fingerprint density at radius 1 is 0.879 bits per heavy atom. The molecule has 4 aromatic rings. The molecule has 164 valence electrons. The molecule has 0 N–H and O–H groups in total. The number of carbonyl (C=O) groups excluding carboxylic acids is 3. The van der Waals surface area contributed by atoms with E-state index in [1.165, 1.54) is 0 Å². The zero-order chi connectivity index (χ0) is 23.1. The fraction of sp³-hybridized carbons (Fsp3) is 0.0833. The first-order chi connectivity index (χ1) is 15.9. The molecule has 1 aliphatic heterocycles. The number of ether oxygens (including phenoxy) is 1. The molecule has 0 atom stereocenters. The highest BCUT2D eigenvalue weighted by molar-refractivity contribution is 9.10. The van der Waals surface area contributed by atoms with Gasteiger partial charge in [0.25, 0.3) is 11.8 Å². The summed E-state index contributed by atoms with van der Waals surface area (Å²) in [6.07, 6.45) is -0.307. The highest BCUT2D eigenvalue weighted by Crippen LogP contribution is 2.33. The molecule has 8 nitrogen and oxygen atoms in total. The lowest BCUT2D eigenvalue weighted by Crippen LogP contribution is -2.32. The summed E-state index contributed by atoms with van der Waals surface area (Å²) < 4.78 is 17.1. The molecule has 0 saturated heterocycles. The number of hydrogen-bond acceptors (Lipinski definition) is 7. The second-order valence-electron chi connectivity index (χ2n) is 7.22. The summed E-state index contributed by atoms with van der Waals surface area (Å²) in [5.74, 6) is -1.94. The minimum Gasteiger partial charge on any atom is -0.449 e. The number of hydrogen-bond donors (Lipinski definition) is 0. The maximum Gasteiger partial charge on any atom is 0.313 e. The van der Waals surface area contributed by atoms with Crippen molar-refractivity contribution in [2.45, 2.75) is 6.42 Å². The van der Waals surface area contributed by atoms with Crippen LogP contribution >= 0.6 is 15.9 Å². The predicted octanol–water partition coefficient (Wildman–Crippen LogP) is 4.41. The van der Waals surface area contributed by atoms with Crippen LogP contribution in [0.5, 0.6) is 5.75 Å².